The molecule has 0 aliphatic heterocycles. The third-order valence-electron chi connectivity index (χ3n) is 1.69. The molecule has 0 fully saturated rings. The molecule has 0 aliphatic rings. The van der Waals surface area contributed by atoms with Crippen molar-refractivity contribution < 1.29 is 17.9 Å². The highest BCUT2D eigenvalue weighted by Crippen LogP contribution is 2.15. The Bertz CT molecular complexity index is 142. The molecular weight excluding hydrogens is 251 g/mol. The maximum atomic E-state index is 11.5. The zero-order chi connectivity index (χ0) is 10.5. The Hall–Kier alpha value is 0.190. The van der Waals surface area contributed by atoms with Gasteiger partial charge in [-0.1, -0.05) is 15.9 Å². The smallest absolute Gasteiger partial charge is 0.301 e. The first kappa shape index (κ1) is 13.2. The van der Waals surface area contributed by atoms with Crippen molar-refractivity contribution in [2.24, 2.45) is 0 Å². The van der Waals surface area contributed by atoms with E-state index in [1.54, 1.807) is 11.9 Å². The monoisotopic (exact) mass is 263 g/mol. The van der Waals surface area contributed by atoms with Crippen LogP contribution in [0.1, 0.15) is 6.92 Å². The summed E-state index contributed by atoms with van der Waals surface area (Å²) in [5, 5.41) is 0.732. The van der Waals surface area contributed by atoms with Crippen LogP contribution in [-0.2, 0) is 4.74 Å². The topological polar surface area (TPSA) is 12.5 Å². The number of hydrogen-bond donors (Lipinski definition) is 0. The number of alkyl halides is 4. The average Bonchev–Trinajstić information content (AvgIpc) is 2.00. The molecule has 1 unspecified atom stereocenters. The lowest BCUT2D eigenvalue weighted by molar-refractivity contribution is -0.325. The summed E-state index contributed by atoms with van der Waals surface area (Å²) in [6.07, 6.45) is -4.52. The fourth-order valence-corrected chi connectivity index (χ4v) is 1.14. The fourth-order valence-electron chi connectivity index (χ4n) is 0.644. The molecule has 0 bridgehead atoms. The van der Waals surface area contributed by atoms with Gasteiger partial charge < -0.3 is 4.90 Å². The van der Waals surface area contributed by atoms with Gasteiger partial charge in [0.15, 0.2) is 0 Å². The molecule has 0 aromatic carbocycles. The lowest BCUT2D eigenvalue weighted by atomic mass is 10.3. The molecule has 13 heavy (non-hydrogen) atoms. The van der Waals surface area contributed by atoms with E-state index in [0.29, 0.717) is 0 Å². The molecule has 1 atom stereocenters. The number of rotatable bonds is 5. The molecule has 0 N–H and O–H groups in total. The Morgan fingerprint density at radius 1 is 1.46 bits per heavy atom. The van der Waals surface area contributed by atoms with Gasteiger partial charge in [0, 0.05) is 17.9 Å². The molecule has 0 radical (unpaired) electrons. The van der Waals surface area contributed by atoms with Crippen molar-refractivity contribution >= 4 is 15.9 Å². The van der Waals surface area contributed by atoms with Gasteiger partial charge in [0.25, 0.3) is 0 Å². The largest absolute Gasteiger partial charge is 0.522 e. The van der Waals surface area contributed by atoms with E-state index >= 15 is 0 Å². The van der Waals surface area contributed by atoms with Gasteiger partial charge in [-0.15, -0.1) is 13.2 Å². The fraction of sp³-hybridized carbons (Fsp3) is 1.00. The quantitative estimate of drug-likeness (QED) is 0.706. The van der Waals surface area contributed by atoms with Crippen LogP contribution in [0.4, 0.5) is 13.2 Å². The standard InChI is InChI=1S/C7H13BrF3NO/c1-6(5-8)12(2)3-4-13-7(9,10)11/h6H,3-5H2,1-2H3. The maximum Gasteiger partial charge on any atom is 0.522 e. The van der Waals surface area contributed by atoms with E-state index in [9.17, 15) is 13.2 Å². The van der Waals surface area contributed by atoms with Crippen molar-refractivity contribution in [1.29, 1.82) is 0 Å². The van der Waals surface area contributed by atoms with Crippen molar-refractivity contribution in [1.82, 2.24) is 4.90 Å². The normalized spacial score (nSPS) is 15.0. The molecule has 0 spiro atoms. The van der Waals surface area contributed by atoms with Gasteiger partial charge in [-0.05, 0) is 14.0 Å². The van der Waals surface area contributed by atoms with Gasteiger partial charge in [-0.3, -0.25) is 4.74 Å². The van der Waals surface area contributed by atoms with E-state index in [-0.39, 0.29) is 19.2 Å². The van der Waals surface area contributed by atoms with E-state index in [1.807, 2.05) is 6.92 Å². The second-order valence-corrected chi connectivity index (χ2v) is 3.43. The third kappa shape index (κ3) is 7.28. The van der Waals surface area contributed by atoms with Crippen LogP contribution in [0.25, 0.3) is 0 Å². The van der Waals surface area contributed by atoms with Crippen molar-refractivity contribution in [3.05, 3.63) is 0 Å². The number of halogens is 4. The molecule has 0 saturated carbocycles. The van der Waals surface area contributed by atoms with Gasteiger partial charge in [0.1, 0.15) is 0 Å². The highest BCUT2D eigenvalue weighted by Gasteiger charge is 2.28. The third-order valence-corrected chi connectivity index (χ3v) is 2.62. The minimum absolute atomic E-state index is 0.205. The summed E-state index contributed by atoms with van der Waals surface area (Å²) in [5.41, 5.74) is 0. The Labute approximate surface area is 84.2 Å². The molecule has 0 saturated heterocycles. The Morgan fingerprint density at radius 3 is 2.38 bits per heavy atom. The predicted octanol–water partition coefficient (Wildman–Crippen LogP) is 2.24. The highest BCUT2D eigenvalue weighted by atomic mass is 79.9. The second-order valence-electron chi connectivity index (χ2n) is 2.78. The summed E-state index contributed by atoms with van der Waals surface area (Å²) in [7, 11) is 1.76. The predicted molar refractivity (Wildman–Crippen MR) is 47.9 cm³/mol. The van der Waals surface area contributed by atoms with E-state index < -0.39 is 6.36 Å². The zero-order valence-electron chi connectivity index (χ0n) is 7.57. The van der Waals surface area contributed by atoms with Crippen LogP contribution >= 0.6 is 15.9 Å². The van der Waals surface area contributed by atoms with Crippen LogP contribution < -0.4 is 0 Å². The van der Waals surface area contributed by atoms with E-state index in [4.69, 9.17) is 0 Å². The SMILES string of the molecule is CC(CBr)N(C)CCOC(F)(F)F. The molecule has 0 amide bonds. The second kappa shape index (κ2) is 5.82. The lowest BCUT2D eigenvalue weighted by Crippen LogP contribution is -2.34. The number of hydrogen-bond acceptors (Lipinski definition) is 2. The molecular formula is C7H13BrF3NO. The van der Waals surface area contributed by atoms with Crippen molar-refractivity contribution in [3.8, 4) is 0 Å². The summed E-state index contributed by atoms with van der Waals surface area (Å²) < 4.78 is 38.3. The van der Waals surface area contributed by atoms with E-state index in [2.05, 4.69) is 20.7 Å². The first-order valence-corrected chi connectivity index (χ1v) is 4.96. The molecule has 0 rings (SSSR count). The van der Waals surface area contributed by atoms with Gasteiger partial charge in [-0.2, -0.15) is 0 Å². The van der Waals surface area contributed by atoms with Crippen LogP contribution in [0.15, 0.2) is 0 Å². The Kier molecular flexibility index (Phi) is 5.91. The first-order chi connectivity index (χ1) is 5.87. The van der Waals surface area contributed by atoms with Gasteiger partial charge in [0.2, 0.25) is 0 Å². The average molecular weight is 264 g/mol. The molecule has 0 aliphatic carbocycles. The molecule has 0 heterocycles. The van der Waals surface area contributed by atoms with Crippen LogP contribution in [0.2, 0.25) is 0 Å². The minimum Gasteiger partial charge on any atom is -0.301 e. The molecule has 80 valence electrons. The summed E-state index contributed by atoms with van der Waals surface area (Å²) in [6.45, 7) is 1.87. The molecule has 2 nitrogen and oxygen atoms in total. The summed E-state index contributed by atoms with van der Waals surface area (Å²) >= 11 is 3.24. The molecule has 0 aromatic heterocycles. The van der Waals surface area contributed by atoms with Gasteiger partial charge in [0.05, 0.1) is 6.61 Å². The van der Waals surface area contributed by atoms with Crippen LogP contribution in [0.5, 0.6) is 0 Å². The van der Waals surface area contributed by atoms with Crippen molar-refractivity contribution in [2.75, 3.05) is 25.5 Å². The minimum atomic E-state index is -4.52. The molecule has 0 aromatic rings. The number of likely N-dealkylation sites (N-methyl/N-ethyl adjacent to an activating group) is 1. The molecule has 6 heteroatoms. The Morgan fingerprint density at radius 2 is 2.00 bits per heavy atom. The maximum absolute atomic E-state index is 11.5. The first-order valence-electron chi connectivity index (χ1n) is 3.83. The Balaban J connectivity index is 3.53. The number of ether oxygens (including phenoxy) is 1. The van der Waals surface area contributed by atoms with Gasteiger partial charge in [-0.25, -0.2) is 0 Å². The zero-order valence-corrected chi connectivity index (χ0v) is 9.15. The van der Waals surface area contributed by atoms with Crippen LogP contribution in [-0.4, -0.2) is 42.8 Å². The van der Waals surface area contributed by atoms with Crippen LogP contribution in [0, 0.1) is 0 Å². The summed E-state index contributed by atoms with van der Waals surface area (Å²) in [6, 6.07) is 0.205. The van der Waals surface area contributed by atoms with E-state index in [1.165, 1.54) is 0 Å². The summed E-state index contributed by atoms with van der Waals surface area (Å²) in [4.78, 5) is 1.79. The lowest BCUT2D eigenvalue weighted by Gasteiger charge is -2.22. The van der Waals surface area contributed by atoms with Crippen molar-refractivity contribution in [2.45, 2.75) is 19.3 Å². The summed E-state index contributed by atoms with van der Waals surface area (Å²) in [5.74, 6) is 0. The highest BCUT2D eigenvalue weighted by molar-refractivity contribution is 9.09. The van der Waals surface area contributed by atoms with Crippen molar-refractivity contribution in [3.63, 3.8) is 0 Å². The van der Waals surface area contributed by atoms with Crippen LogP contribution in [0.3, 0.4) is 0 Å². The van der Waals surface area contributed by atoms with Gasteiger partial charge >= 0.3 is 6.36 Å². The number of nitrogens with zero attached hydrogens (tertiary/aromatic N) is 1. The van der Waals surface area contributed by atoms with E-state index in [0.717, 1.165) is 5.33 Å².